The molecule has 2 N–H and O–H groups in total. The number of methoxy groups -OCH3 is 1. The lowest BCUT2D eigenvalue weighted by molar-refractivity contribution is -0.118. The number of hydrogen-bond acceptors (Lipinski definition) is 4. The summed E-state index contributed by atoms with van der Waals surface area (Å²) in [5.41, 5.74) is 0.933. The molecule has 5 nitrogen and oxygen atoms in total. The monoisotopic (exact) mass is 304 g/mol. The van der Waals surface area contributed by atoms with E-state index in [4.69, 9.17) is 9.47 Å². The number of piperidine rings is 1. The second-order valence-corrected chi connectivity index (χ2v) is 6.15. The Morgan fingerprint density at radius 2 is 2.18 bits per heavy atom. The molecule has 0 aromatic heterocycles. The van der Waals surface area contributed by atoms with Crippen molar-refractivity contribution in [3.05, 3.63) is 18.2 Å². The van der Waals surface area contributed by atoms with Crippen LogP contribution in [-0.2, 0) is 4.79 Å². The zero-order valence-electron chi connectivity index (χ0n) is 13.3. The highest BCUT2D eigenvalue weighted by Crippen LogP contribution is 2.58. The Kier molecular flexibility index (Phi) is 4.25. The maximum Gasteiger partial charge on any atom is 0.228 e. The van der Waals surface area contributed by atoms with E-state index in [0.717, 1.165) is 32.4 Å². The number of anilines is 1. The molecule has 1 spiro atoms. The lowest BCUT2D eigenvalue weighted by atomic mass is 9.92. The Morgan fingerprint density at radius 3 is 2.86 bits per heavy atom. The minimum absolute atomic E-state index is 0.108. The van der Waals surface area contributed by atoms with Crippen LogP contribution in [0.1, 0.15) is 26.2 Å². The molecule has 1 heterocycles. The molecule has 1 atom stereocenters. The maximum atomic E-state index is 12.6. The van der Waals surface area contributed by atoms with Gasteiger partial charge in [-0.05, 0) is 56.8 Å². The quantitative estimate of drug-likeness (QED) is 0.877. The summed E-state index contributed by atoms with van der Waals surface area (Å²) in [4.78, 5) is 12.6. The number of amides is 1. The fourth-order valence-electron chi connectivity index (χ4n) is 3.43. The Hall–Kier alpha value is -1.75. The molecule has 1 aliphatic carbocycles. The normalized spacial score (nSPS) is 22.2. The van der Waals surface area contributed by atoms with Gasteiger partial charge in [-0.15, -0.1) is 0 Å². The number of carbonyl (C=O) groups excluding carboxylic acids is 1. The molecular formula is C17H24N2O3. The molecule has 1 amide bonds. The highest BCUT2D eigenvalue weighted by molar-refractivity contribution is 5.96. The van der Waals surface area contributed by atoms with Crippen LogP contribution in [-0.4, -0.2) is 32.7 Å². The lowest BCUT2D eigenvalue weighted by Gasteiger charge is -2.23. The summed E-state index contributed by atoms with van der Waals surface area (Å²) in [5, 5.41) is 6.40. The third-order valence-corrected chi connectivity index (χ3v) is 4.85. The van der Waals surface area contributed by atoms with Gasteiger partial charge in [-0.1, -0.05) is 0 Å². The Balaban J connectivity index is 1.71. The standard InChI is InChI=1S/C17H24N2O3/c1-3-22-15-5-4-12(21-2)10-14(15)19-16(20)13-11-17(13)6-8-18-9-7-17/h4-5,10,13,18H,3,6-9,11H2,1-2H3,(H,19,20). The maximum absolute atomic E-state index is 12.6. The van der Waals surface area contributed by atoms with Crippen molar-refractivity contribution < 1.29 is 14.3 Å². The predicted octanol–water partition coefficient (Wildman–Crippen LogP) is 2.42. The number of ether oxygens (including phenoxy) is 2. The van der Waals surface area contributed by atoms with Gasteiger partial charge >= 0.3 is 0 Å². The zero-order valence-corrected chi connectivity index (χ0v) is 13.3. The summed E-state index contributed by atoms with van der Waals surface area (Å²) >= 11 is 0. The molecule has 0 bridgehead atoms. The Labute approximate surface area is 131 Å². The molecule has 1 unspecified atom stereocenters. The van der Waals surface area contributed by atoms with Gasteiger partial charge in [0.1, 0.15) is 11.5 Å². The zero-order chi connectivity index (χ0) is 15.6. The van der Waals surface area contributed by atoms with Gasteiger partial charge < -0.3 is 20.1 Å². The summed E-state index contributed by atoms with van der Waals surface area (Å²) in [6.07, 6.45) is 3.21. The van der Waals surface area contributed by atoms with Gasteiger partial charge in [-0.25, -0.2) is 0 Å². The fraction of sp³-hybridized carbons (Fsp3) is 0.588. The molecule has 1 aromatic rings. The topological polar surface area (TPSA) is 59.6 Å². The first kappa shape index (κ1) is 15.2. The first-order chi connectivity index (χ1) is 10.7. The number of hydrogen-bond donors (Lipinski definition) is 2. The van der Waals surface area contributed by atoms with Crippen LogP contribution in [0.2, 0.25) is 0 Å². The number of nitrogens with one attached hydrogen (secondary N) is 2. The van der Waals surface area contributed by atoms with Gasteiger partial charge in [-0.2, -0.15) is 0 Å². The van der Waals surface area contributed by atoms with Crippen molar-refractivity contribution in [2.45, 2.75) is 26.2 Å². The van der Waals surface area contributed by atoms with Crippen molar-refractivity contribution in [1.29, 1.82) is 0 Å². The molecule has 120 valence electrons. The van der Waals surface area contributed by atoms with E-state index in [1.807, 2.05) is 25.1 Å². The molecule has 2 fully saturated rings. The molecule has 1 aliphatic heterocycles. The highest BCUT2D eigenvalue weighted by Gasteiger charge is 2.57. The summed E-state index contributed by atoms with van der Waals surface area (Å²) in [5.74, 6) is 1.65. The van der Waals surface area contributed by atoms with Crippen LogP contribution in [0.4, 0.5) is 5.69 Å². The van der Waals surface area contributed by atoms with Crippen LogP contribution < -0.4 is 20.1 Å². The third-order valence-electron chi connectivity index (χ3n) is 4.85. The van der Waals surface area contributed by atoms with Gasteiger partial charge in [0.25, 0.3) is 0 Å². The molecule has 1 saturated carbocycles. The largest absolute Gasteiger partial charge is 0.497 e. The molecule has 22 heavy (non-hydrogen) atoms. The van der Waals surface area contributed by atoms with E-state index in [-0.39, 0.29) is 17.2 Å². The molecular weight excluding hydrogens is 280 g/mol. The summed E-state index contributed by atoms with van der Waals surface area (Å²) in [7, 11) is 1.62. The van der Waals surface area contributed by atoms with Gasteiger partial charge in [0.15, 0.2) is 0 Å². The van der Waals surface area contributed by atoms with E-state index in [9.17, 15) is 4.79 Å². The minimum Gasteiger partial charge on any atom is -0.497 e. The van der Waals surface area contributed by atoms with E-state index in [2.05, 4.69) is 10.6 Å². The molecule has 2 aliphatic rings. The molecule has 3 rings (SSSR count). The highest BCUT2D eigenvalue weighted by atomic mass is 16.5. The first-order valence-corrected chi connectivity index (χ1v) is 8.01. The minimum atomic E-state index is 0.108. The number of benzene rings is 1. The summed E-state index contributed by atoms with van der Waals surface area (Å²) in [6.45, 7) is 4.54. The van der Waals surface area contributed by atoms with Crippen LogP contribution in [0.25, 0.3) is 0 Å². The van der Waals surface area contributed by atoms with E-state index < -0.39 is 0 Å². The van der Waals surface area contributed by atoms with Crippen molar-refractivity contribution >= 4 is 11.6 Å². The lowest BCUT2D eigenvalue weighted by Crippen LogP contribution is -2.31. The second kappa shape index (κ2) is 6.16. The van der Waals surface area contributed by atoms with Crippen molar-refractivity contribution in [2.75, 3.05) is 32.1 Å². The van der Waals surface area contributed by atoms with Gasteiger partial charge in [0.05, 0.1) is 19.4 Å². The molecule has 0 radical (unpaired) electrons. The van der Waals surface area contributed by atoms with E-state index in [0.29, 0.717) is 23.8 Å². The van der Waals surface area contributed by atoms with Crippen LogP contribution >= 0.6 is 0 Å². The molecule has 1 aromatic carbocycles. The number of carbonyl (C=O) groups is 1. The van der Waals surface area contributed by atoms with Gasteiger partial charge in [0.2, 0.25) is 5.91 Å². The van der Waals surface area contributed by atoms with E-state index >= 15 is 0 Å². The first-order valence-electron chi connectivity index (χ1n) is 8.01. The number of rotatable bonds is 5. The summed E-state index contributed by atoms with van der Waals surface area (Å²) < 4.78 is 10.8. The van der Waals surface area contributed by atoms with Crippen molar-refractivity contribution in [3.8, 4) is 11.5 Å². The van der Waals surface area contributed by atoms with Crippen LogP contribution in [0.15, 0.2) is 18.2 Å². The Bertz CT molecular complexity index is 553. The van der Waals surface area contributed by atoms with Crippen LogP contribution in [0, 0.1) is 11.3 Å². The van der Waals surface area contributed by atoms with Gasteiger partial charge in [-0.3, -0.25) is 4.79 Å². The smallest absolute Gasteiger partial charge is 0.228 e. The van der Waals surface area contributed by atoms with Crippen molar-refractivity contribution in [2.24, 2.45) is 11.3 Å². The fourth-order valence-corrected chi connectivity index (χ4v) is 3.43. The van der Waals surface area contributed by atoms with Crippen LogP contribution in [0.3, 0.4) is 0 Å². The third kappa shape index (κ3) is 2.90. The van der Waals surface area contributed by atoms with Crippen molar-refractivity contribution in [3.63, 3.8) is 0 Å². The Morgan fingerprint density at radius 1 is 1.41 bits per heavy atom. The summed E-state index contributed by atoms with van der Waals surface area (Å²) in [6, 6.07) is 5.50. The predicted molar refractivity (Wildman–Crippen MR) is 85.4 cm³/mol. The second-order valence-electron chi connectivity index (χ2n) is 6.15. The average Bonchev–Trinajstić information content (AvgIpc) is 3.23. The van der Waals surface area contributed by atoms with E-state index in [1.54, 1.807) is 7.11 Å². The SMILES string of the molecule is CCOc1ccc(OC)cc1NC(=O)C1CC12CCNCC2. The average molecular weight is 304 g/mol. The molecule has 1 saturated heterocycles. The van der Waals surface area contributed by atoms with Crippen molar-refractivity contribution in [1.82, 2.24) is 5.32 Å². The molecule has 5 heteroatoms. The van der Waals surface area contributed by atoms with Gasteiger partial charge in [0, 0.05) is 12.0 Å². The van der Waals surface area contributed by atoms with Crippen LogP contribution in [0.5, 0.6) is 11.5 Å². The van der Waals surface area contributed by atoms with E-state index in [1.165, 1.54) is 0 Å².